The van der Waals surface area contributed by atoms with Crippen molar-refractivity contribution in [3.05, 3.63) is 136 Å². The molecule has 6 heteroatoms. The Balaban J connectivity index is 1.33. The van der Waals surface area contributed by atoms with Crippen molar-refractivity contribution in [1.82, 2.24) is 5.32 Å². The fourth-order valence-electron chi connectivity index (χ4n) is 4.18. The molecule has 0 fully saturated rings. The summed E-state index contributed by atoms with van der Waals surface area (Å²) in [5.41, 5.74) is 5.16. The third-order valence-electron chi connectivity index (χ3n) is 6.09. The van der Waals surface area contributed by atoms with Crippen molar-refractivity contribution < 1.29 is 14.3 Å². The third kappa shape index (κ3) is 5.74. The Morgan fingerprint density at radius 1 is 0.919 bits per heavy atom. The van der Waals surface area contributed by atoms with Crippen molar-refractivity contribution in [2.45, 2.75) is 20.0 Å². The molecule has 0 unspecified atom stereocenters. The van der Waals surface area contributed by atoms with Gasteiger partial charge in [0, 0.05) is 17.1 Å². The second kappa shape index (κ2) is 10.7. The van der Waals surface area contributed by atoms with Crippen molar-refractivity contribution in [3.63, 3.8) is 0 Å². The maximum atomic E-state index is 13.5. The van der Waals surface area contributed by atoms with Crippen LogP contribution in [0.3, 0.4) is 0 Å². The van der Waals surface area contributed by atoms with Crippen LogP contribution in [0.5, 0.6) is 5.75 Å². The van der Waals surface area contributed by atoms with Gasteiger partial charge in [0.2, 0.25) is 0 Å². The van der Waals surface area contributed by atoms with Gasteiger partial charge in [0.15, 0.2) is 11.5 Å². The number of ether oxygens (including phenoxy) is 1. The standard InChI is InChI=1S/C31H25ClN2O3/c1-21-5-4-6-24(17-21)20-34-27-7-2-3-8-28(27)37-29(31(34)36)18-22-9-13-25(14-10-22)30(35)33-19-23-11-15-26(32)16-12-23/h2-18H,19-20H2,1H3,(H,33,35)/b29-18+. The third-order valence-corrected chi connectivity index (χ3v) is 6.34. The van der Waals surface area contributed by atoms with Crippen LogP contribution in [0.2, 0.25) is 5.02 Å². The summed E-state index contributed by atoms with van der Waals surface area (Å²) >= 11 is 5.91. The number of benzene rings is 4. The van der Waals surface area contributed by atoms with E-state index in [4.69, 9.17) is 16.3 Å². The minimum absolute atomic E-state index is 0.183. The maximum absolute atomic E-state index is 13.5. The van der Waals surface area contributed by atoms with Gasteiger partial charge in [-0.3, -0.25) is 14.5 Å². The zero-order valence-electron chi connectivity index (χ0n) is 20.3. The van der Waals surface area contributed by atoms with Gasteiger partial charge < -0.3 is 10.1 Å². The van der Waals surface area contributed by atoms with Gasteiger partial charge in [0.25, 0.3) is 11.8 Å². The first-order valence-corrected chi connectivity index (χ1v) is 12.3. The first kappa shape index (κ1) is 24.3. The first-order valence-electron chi connectivity index (χ1n) is 11.9. The summed E-state index contributed by atoms with van der Waals surface area (Å²) in [6.07, 6.45) is 1.71. The first-order chi connectivity index (χ1) is 18.0. The lowest BCUT2D eigenvalue weighted by Gasteiger charge is -2.30. The van der Waals surface area contributed by atoms with E-state index in [2.05, 4.69) is 11.4 Å². The predicted octanol–water partition coefficient (Wildman–Crippen LogP) is 6.55. The molecular formula is C31H25ClN2O3. The number of hydrogen-bond acceptors (Lipinski definition) is 3. The van der Waals surface area contributed by atoms with E-state index in [1.807, 2.05) is 61.5 Å². The Kier molecular flexibility index (Phi) is 7.06. The molecule has 0 bridgehead atoms. The normalized spacial score (nSPS) is 13.7. The van der Waals surface area contributed by atoms with Gasteiger partial charge in [-0.25, -0.2) is 0 Å². The van der Waals surface area contributed by atoms with E-state index in [1.54, 1.807) is 47.4 Å². The number of carbonyl (C=O) groups excluding carboxylic acids is 2. The van der Waals surface area contributed by atoms with E-state index in [1.165, 1.54) is 0 Å². The molecule has 1 aliphatic rings. The van der Waals surface area contributed by atoms with Crippen LogP contribution in [-0.2, 0) is 17.9 Å². The van der Waals surface area contributed by atoms with E-state index >= 15 is 0 Å². The minimum Gasteiger partial charge on any atom is -0.449 e. The summed E-state index contributed by atoms with van der Waals surface area (Å²) in [6.45, 7) is 2.87. The summed E-state index contributed by atoms with van der Waals surface area (Å²) in [5.74, 6) is 0.452. The Morgan fingerprint density at radius 3 is 2.43 bits per heavy atom. The Labute approximate surface area is 221 Å². The van der Waals surface area contributed by atoms with Crippen LogP contribution in [0, 0.1) is 6.92 Å². The lowest BCUT2D eigenvalue weighted by molar-refractivity contribution is -0.117. The maximum Gasteiger partial charge on any atom is 0.294 e. The van der Waals surface area contributed by atoms with E-state index in [9.17, 15) is 9.59 Å². The van der Waals surface area contributed by atoms with Gasteiger partial charge >= 0.3 is 0 Å². The van der Waals surface area contributed by atoms with Crippen LogP contribution in [-0.4, -0.2) is 11.8 Å². The smallest absolute Gasteiger partial charge is 0.294 e. The highest BCUT2D eigenvalue weighted by Crippen LogP contribution is 2.36. The van der Waals surface area contributed by atoms with Crippen LogP contribution in [0.15, 0.2) is 103 Å². The van der Waals surface area contributed by atoms with E-state index < -0.39 is 0 Å². The van der Waals surface area contributed by atoms with Gasteiger partial charge in [-0.05, 0) is 66.1 Å². The lowest BCUT2D eigenvalue weighted by atomic mass is 10.1. The number of amides is 2. The number of anilines is 1. The monoisotopic (exact) mass is 508 g/mol. The highest BCUT2D eigenvalue weighted by atomic mass is 35.5. The van der Waals surface area contributed by atoms with Crippen LogP contribution in [0.1, 0.15) is 32.6 Å². The summed E-state index contributed by atoms with van der Waals surface area (Å²) in [7, 11) is 0. The van der Waals surface area contributed by atoms with Crippen molar-refractivity contribution in [2.75, 3.05) is 4.90 Å². The van der Waals surface area contributed by atoms with Crippen LogP contribution < -0.4 is 15.0 Å². The van der Waals surface area contributed by atoms with Crippen LogP contribution in [0.25, 0.3) is 6.08 Å². The van der Waals surface area contributed by atoms with E-state index in [0.29, 0.717) is 29.4 Å². The van der Waals surface area contributed by atoms with E-state index in [0.717, 1.165) is 27.9 Å². The molecule has 5 rings (SSSR count). The summed E-state index contributed by atoms with van der Waals surface area (Å²) in [5, 5.41) is 3.56. The number of fused-ring (bicyclic) bond motifs is 1. The number of halogens is 1. The number of nitrogens with one attached hydrogen (secondary N) is 1. The average Bonchev–Trinajstić information content (AvgIpc) is 2.91. The number of carbonyl (C=O) groups is 2. The van der Waals surface area contributed by atoms with Gasteiger partial charge in [-0.1, -0.05) is 77.8 Å². The average molecular weight is 509 g/mol. The Hall–Kier alpha value is -4.35. The lowest BCUT2D eigenvalue weighted by Crippen LogP contribution is -2.36. The molecule has 0 aromatic heterocycles. The zero-order valence-corrected chi connectivity index (χ0v) is 21.0. The van der Waals surface area contributed by atoms with Crippen molar-refractivity contribution >= 4 is 35.2 Å². The van der Waals surface area contributed by atoms with Crippen LogP contribution >= 0.6 is 11.6 Å². The van der Waals surface area contributed by atoms with Gasteiger partial charge in [-0.15, -0.1) is 0 Å². The number of para-hydroxylation sites is 2. The summed E-state index contributed by atoms with van der Waals surface area (Å²) in [4.78, 5) is 27.8. The molecule has 1 N–H and O–H groups in total. The second-order valence-electron chi connectivity index (χ2n) is 8.89. The van der Waals surface area contributed by atoms with Crippen molar-refractivity contribution in [3.8, 4) is 5.75 Å². The van der Waals surface area contributed by atoms with Gasteiger partial charge in [0.05, 0.1) is 12.2 Å². The van der Waals surface area contributed by atoms with Crippen molar-refractivity contribution in [1.29, 1.82) is 0 Å². The zero-order chi connectivity index (χ0) is 25.8. The summed E-state index contributed by atoms with van der Waals surface area (Å²) < 4.78 is 5.99. The molecule has 4 aromatic rings. The fourth-order valence-corrected chi connectivity index (χ4v) is 4.31. The molecule has 0 saturated heterocycles. The minimum atomic E-state index is -0.218. The Morgan fingerprint density at radius 2 is 1.68 bits per heavy atom. The molecule has 0 atom stereocenters. The topological polar surface area (TPSA) is 58.6 Å². The molecule has 1 heterocycles. The molecule has 0 spiro atoms. The Bertz CT molecular complexity index is 1480. The van der Waals surface area contributed by atoms with Gasteiger partial charge in [0.1, 0.15) is 0 Å². The molecule has 5 nitrogen and oxygen atoms in total. The van der Waals surface area contributed by atoms with Gasteiger partial charge in [-0.2, -0.15) is 0 Å². The molecule has 1 aliphatic heterocycles. The number of aryl methyl sites for hydroxylation is 1. The highest BCUT2D eigenvalue weighted by molar-refractivity contribution is 6.30. The molecule has 0 aliphatic carbocycles. The number of nitrogens with zero attached hydrogens (tertiary/aromatic N) is 1. The fraction of sp³-hybridized carbons (Fsp3) is 0.0968. The second-order valence-corrected chi connectivity index (χ2v) is 9.33. The quantitative estimate of drug-likeness (QED) is 0.301. The van der Waals surface area contributed by atoms with E-state index in [-0.39, 0.29) is 17.6 Å². The molecule has 184 valence electrons. The number of rotatable bonds is 6. The largest absolute Gasteiger partial charge is 0.449 e. The number of hydrogen-bond donors (Lipinski definition) is 1. The predicted molar refractivity (Wildman–Crippen MR) is 146 cm³/mol. The molecule has 37 heavy (non-hydrogen) atoms. The SMILES string of the molecule is Cc1cccc(CN2C(=O)/C(=C\c3ccc(C(=O)NCc4ccc(Cl)cc4)cc3)Oc3ccccc32)c1. The van der Waals surface area contributed by atoms with Crippen molar-refractivity contribution in [2.24, 2.45) is 0 Å². The molecule has 2 amide bonds. The molecule has 0 radical (unpaired) electrons. The molecular weight excluding hydrogens is 484 g/mol. The summed E-state index contributed by atoms with van der Waals surface area (Å²) in [6, 6.07) is 30.0. The van der Waals surface area contributed by atoms with Crippen LogP contribution in [0.4, 0.5) is 5.69 Å². The molecule has 0 saturated carbocycles. The molecule has 4 aromatic carbocycles. The highest BCUT2D eigenvalue weighted by Gasteiger charge is 2.30.